The molecule has 0 saturated heterocycles. The van der Waals surface area contributed by atoms with E-state index in [1.54, 1.807) is 0 Å². The summed E-state index contributed by atoms with van der Waals surface area (Å²) in [6.07, 6.45) is 2.56. The molecule has 0 fully saturated rings. The third kappa shape index (κ3) is 1.74. The number of fused-ring (bicyclic) bond motifs is 1. The van der Waals surface area contributed by atoms with Crippen molar-refractivity contribution in [2.45, 2.75) is 6.42 Å². The van der Waals surface area contributed by atoms with E-state index in [0.717, 1.165) is 16.9 Å². The van der Waals surface area contributed by atoms with Gasteiger partial charge in [-0.3, -0.25) is 4.40 Å². The first-order chi connectivity index (χ1) is 8.88. The van der Waals surface area contributed by atoms with Crippen molar-refractivity contribution in [1.82, 2.24) is 9.38 Å². The van der Waals surface area contributed by atoms with Crippen molar-refractivity contribution in [1.29, 1.82) is 5.26 Å². The number of rotatable bonds is 2. The topological polar surface area (TPSA) is 41.1 Å². The van der Waals surface area contributed by atoms with Gasteiger partial charge in [0.15, 0.2) is 0 Å². The van der Waals surface area contributed by atoms with Crippen LogP contribution >= 0.6 is 0 Å². The van der Waals surface area contributed by atoms with Crippen molar-refractivity contribution in [3.8, 4) is 6.07 Å². The Hall–Kier alpha value is -2.60. The second-order valence-corrected chi connectivity index (χ2v) is 4.11. The molecule has 0 amide bonds. The highest BCUT2D eigenvalue weighted by molar-refractivity contribution is 5.48. The Labute approximate surface area is 105 Å². The van der Waals surface area contributed by atoms with Gasteiger partial charge < -0.3 is 0 Å². The van der Waals surface area contributed by atoms with E-state index < -0.39 is 0 Å². The van der Waals surface area contributed by atoms with E-state index >= 15 is 0 Å². The Morgan fingerprint density at radius 2 is 1.83 bits per heavy atom. The maximum Gasteiger partial charge on any atom is 0.148 e. The Morgan fingerprint density at radius 3 is 2.61 bits per heavy atom. The predicted octanol–water partition coefficient (Wildman–Crippen LogP) is 2.80. The van der Waals surface area contributed by atoms with E-state index in [4.69, 9.17) is 0 Å². The highest BCUT2D eigenvalue weighted by Gasteiger charge is 2.11. The van der Waals surface area contributed by atoms with Gasteiger partial charge >= 0.3 is 0 Å². The quantitative estimate of drug-likeness (QED) is 0.683. The van der Waals surface area contributed by atoms with Crippen molar-refractivity contribution in [2.24, 2.45) is 0 Å². The molecular weight excluding hydrogens is 222 g/mol. The first kappa shape index (κ1) is 10.5. The van der Waals surface area contributed by atoms with Gasteiger partial charge in [0.05, 0.1) is 5.69 Å². The average Bonchev–Trinajstić information content (AvgIpc) is 2.77. The maximum atomic E-state index is 9.27. The van der Waals surface area contributed by atoms with Crippen LogP contribution in [0, 0.1) is 11.3 Å². The molecule has 0 atom stereocenters. The molecule has 18 heavy (non-hydrogen) atoms. The summed E-state index contributed by atoms with van der Waals surface area (Å²) in [4.78, 5) is 4.52. The van der Waals surface area contributed by atoms with Crippen LogP contribution < -0.4 is 0 Å². The molecule has 3 aromatic rings. The molecule has 2 aromatic heterocycles. The summed E-state index contributed by atoms with van der Waals surface area (Å²) < 4.78 is 1.83. The van der Waals surface area contributed by atoms with E-state index in [0.29, 0.717) is 12.1 Å². The summed E-state index contributed by atoms with van der Waals surface area (Å²) in [7, 11) is 0. The van der Waals surface area contributed by atoms with Crippen LogP contribution in [0.4, 0.5) is 0 Å². The number of benzene rings is 1. The fourth-order valence-electron chi connectivity index (χ4n) is 2.08. The molecule has 3 rings (SSSR count). The zero-order valence-electron chi connectivity index (χ0n) is 9.74. The molecule has 0 saturated carbocycles. The number of hydrogen-bond acceptors (Lipinski definition) is 2. The summed E-state index contributed by atoms with van der Waals surface area (Å²) in [5, 5.41) is 9.27. The van der Waals surface area contributed by atoms with Crippen molar-refractivity contribution in [3.05, 3.63) is 71.7 Å². The fraction of sp³-hybridized carbons (Fsp3) is 0.0667. The lowest BCUT2D eigenvalue weighted by Gasteiger charge is -1.98. The molecule has 3 nitrogen and oxygen atoms in total. The molecule has 0 N–H and O–H groups in total. The Bertz CT molecular complexity index is 720. The highest BCUT2D eigenvalue weighted by Crippen LogP contribution is 2.15. The summed E-state index contributed by atoms with van der Waals surface area (Å²) in [6, 6.07) is 18.1. The molecule has 0 unspecified atom stereocenters. The number of nitrogens with zero attached hydrogens (tertiary/aromatic N) is 3. The van der Waals surface area contributed by atoms with Crippen LogP contribution in [0.15, 0.2) is 54.7 Å². The fourth-order valence-corrected chi connectivity index (χ4v) is 2.08. The van der Waals surface area contributed by atoms with E-state index in [-0.39, 0.29) is 0 Å². The average molecular weight is 233 g/mol. The highest BCUT2D eigenvalue weighted by atomic mass is 15.0. The number of nitriles is 1. The van der Waals surface area contributed by atoms with Gasteiger partial charge in [-0.05, 0) is 17.7 Å². The van der Waals surface area contributed by atoms with E-state index in [1.807, 2.05) is 59.1 Å². The van der Waals surface area contributed by atoms with E-state index in [2.05, 4.69) is 11.1 Å². The third-order valence-corrected chi connectivity index (χ3v) is 2.92. The first-order valence-electron chi connectivity index (χ1n) is 5.78. The van der Waals surface area contributed by atoms with Gasteiger partial charge in [-0.2, -0.15) is 5.26 Å². The molecule has 0 bridgehead atoms. The minimum absolute atomic E-state index is 0.620. The van der Waals surface area contributed by atoms with Gasteiger partial charge in [0.2, 0.25) is 0 Å². The molecule has 86 valence electrons. The van der Waals surface area contributed by atoms with Gasteiger partial charge in [0.25, 0.3) is 0 Å². The van der Waals surface area contributed by atoms with Gasteiger partial charge in [-0.15, -0.1) is 0 Å². The Kier molecular flexibility index (Phi) is 2.54. The van der Waals surface area contributed by atoms with Crippen molar-refractivity contribution in [2.75, 3.05) is 0 Å². The minimum Gasteiger partial charge on any atom is -0.291 e. The summed E-state index contributed by atoms with van der Waals surface area (Å²) in [6.45, 7) is 0. The van der Waals surface area contributed by atoms with Gasteiger partial charge in [-0.1, -0.05) is 36.4 Å². The largest absolute Gasteiger partial charge is 0.291 e. The molecule has 1 aromatic carbocycles. The lowest BCUT2D eigenvalue weighted by atomic mass is 10.1. The van der Waals surface area contributed by atoms with Gasteiger partial charge in [0, 0.05) is 12.6 Å². The monoisotopic (exact) mass is 233 g/mol. The molecule has 0 aliphatic rings. The first-order valence-corrected chi connectivity index (χ1v) is 5.78. The molecule has 3 heteroatoms. The Morgan fingerprint density at radius 1 is 1.06 bits per heavy atom. The predicted molar refractivity (Wildman–Crippen MR) is 69.2 cm³/mol. The minimum atomic E-state index is 0.620. The molecule has 2 heterocycles. The number of aromatic nitrogens is 2. The smallest absolute Gasteiger partial charge is 0.148 e. The SMILES string of the molecule is N#Cc1c(Cc2ccccc2)nc2ccccn12. The second-order valence-electron chi connectivity index (χ2n) is 4.11. The van der Waals surface area contributed by atoms with Crippen LogP contribution in [0.3, 0.4) is 0 Å². The molecule has 0 spiro atoms. The third-order valence-electron chi connectivity index (χ3n) is 2.92. The molecule has 0 aliphatic heterocycles. The van der Waals surface area contributed by atoms with Crippen LogP contribution in [0.2, 0.25) is 0 Å². The maximum absolute atomic E-state index is 9.27. The van der Waals surface area contributed by atoms with Crippen LogP contribution in [0.5, 0.6) is 0 Å². The standard InChI is InChI=1S/C15H11N3/c16-11-14-13(10-12-6-2-1-3-7-12)17-15-8-4-5-9-18(14)15/h1-9H,10H2. The van der Waals surface area contributed by atoms with Crippen LogP contribution in [0.25, 0.3) is 5.65 Å². The lowest BCUT2D eigenvalue weighted by molar-refractivity contribution is 1.09. The molecule has 0 radical (unpaired) electrons. The van der Waals surface area contributed by atoms with E-state index in [1.165, 1.54) is 0 Å². The van der Waals surface area contributed by atoms with Crippen LogP contribution in [-0.2, 0) is 6.42 Å². The Balaban J connectivity index is 2.10. The normalized spacial score (nSPS) is 10.4. The number of pyridine rings is 1. The lowest BCUT2D eigenvalue weighted by Crippen LogP contribution is -1.93. The summed E-state index contributed by atoms with van der Waals surface area (Å²) in [5.41, 5.74) is 3.43. The summed E-state index contributed by atoms with van der Waals surface area (Å²) >= 11 is 0. The van der Waals surface area contributed by atoms with Crippen molar-refractivity contribution >= 4 is 5.65 Å². The summed E-state index contributed by atoms with van der Waals surface area (Å²) in [5.74, 6) is 0. The van der Waals surface area contributed by atoms with Crippen molar-refractivity contribution < 1.29 is 0 Å². The van der Waals surface area contributed by atoms with Crippen molar-refractivity contribution in [3.63, 3.8) is 0 Å². The van der Waals surface area contributed by atoms with Crippen LogP contribution in [0.1, 0.15) is 17.0 Å². The number of hydrogen-bond donors (Lipinski definition) is 0. The van der Waals surface area contributed by atoms with Crippen LogP contribution in [-0.4, -0.2) is 9.38 Å². The number of imidazole rings is 1. The van der Waals surface area contributed by atoms with Gasteiger partial charge in [0.1, 0.15) is 17.4 Å². The zero-order valence-corrected chi connectivity index (χ0v) is 9.74. The molecule has 0 aliphatic carbocycles. The molecular formula is C15H11N3. The second kappa shape index (κ2) is 4.34. The van der Waals surface area contributed by atoms with E-state index in [9.17, 15) is 5.26 Å². The van der Waals surface area contributed by atoms with Gasteiger partial charge in [-0.25, -0.2) is 4.98 Å². The zero-order chi connectivity index (χ0) is 12.4.